The van der Waals surface area contributed by atoms with E-state index in [1.54, 1.807) is 6.92 Å². The second kappa shape index (κ2) is 6.11. The molecule has 0 heterocycles. The summed E-state index contributed by atoms with van der Waals surface area (Å²) in [7, 11) is 1.22. The molecule has 0 aromatic heterocycles. The summed E-state index contributed by atoms with van der Waals surface area (Å²) in [6.45, 7) is 1.74. The van der Waals surface area contributed by atoms with Gasteiger partial charge < -0.3 is 15.8 Å². The van der Waals surface area contributed by atoms with E-state index in [1.165, 1.54) is 19.2 Å². The van der Waals surface area contributed by atoms with E-state index in [9.17, 15) is 14.0 Å². The third-order valence-electron chi connectivity index (χ3n) is 2.42. The molecule has 98 valence electrons. The van der Waals surface area contributed by atoms with Crippen LogP contribution in [0, 0.1) is 5.82 Å². The Morgan fingerprint density at radius 1 is 1.50 bits per heavy atom. The topological polar surface area (TPSA) is 81.4 Å². The van der Waals surface area contributed by atoms with Crippen LogP contribution in [0.3, 0.4) is 0 Å². The molecule has 0 aliphatic carbocycles. The molecule has 6 heteroatoms. The van der Waals surface area contributed by atoms with Crippen molar-refractivity contribution in [2.75, 3.05) is 12.4 Å². The van der Waals surface area contributed by atoms with Gasteiger partial charge in [0, 0.05) is 0 Å². The highest BCUT2D eigenvalue weighted by Gasteiger charge is 2.15. The fourth-order valence-electron chi connectivity index (χ4n) is 1.28. The average molecular weight is 254 g/mol. The van der Waals surface area contributed by atoms with Gasteiger partial charge in [-0.05, 0) is 24.6 Å². The Morgan fingerprint density at radius 3 is 2.72 bits per heavy atom. The number of carbonyl (C=O) groups is 2. The molecule has 0 bridgehead atoms. The maximum absolute atomic E-state index is 13.5. The van der Waals surface area contributed by atoms with Gasteiger partial charge >= 0.3 is 5.97 Å². The molecule has 0 aliphatic rings. The zero-order chi connectivity index (χ0) is 13.7. The normalized spacial score (nSPS) is 11.8. The predicted octanol–water partition coefficient (Wildman–Crippen LogP) is 1.29. The first-order valence-electron chi connectivity index (χ1n) is 5.44. The van der Waals surface area contributed by atoms with Gasteiger partial charge in [0.2, 0.25) is 5.91 Å². The molecule has 0 spiro atoms. The van der Waals surface area contributed by atoms with Crippen molar-refractivity contribution in [3.63, 3.8) is 0 Å². The summed E-state index contributed by atoms with van der Waals surface area (Å²) in [5.41, 5.74) is 5.57. The SMILES string of the molecule is CCC(N)C(=O)Nc1cc(C(=O)OC)ccc1F. The van der Waals surface area contributed by atoms with E-state index in [4.69, 9.17) is 5.73 Å². The highest BCUT2D eigenvalue weighted by atomic mass is 19.1. The smallest absolute Gasteiger partial charge is 0.337 e. The van der Waals surface area contributed by atoms with E-state index in [0.717, 1.165) is 6.07 Å². The largest absolute Gasteiger partial charge is 0.465 e. The fraction of sp³-hybridized carbons (Fsp3) is 0.333. The molecule has 18 heavy (non-hydrogen) atoms. The lowest BCUT2D eigenvalue weighted by atomic mass is 10.1. The zero-order valence-electron chi connectivity index (χ0n) is 10.2. The fourth-order valence-corrected chi connectivity index (χ4v) is 1.28. The van der Waals surface area contributed by atoms with Crippen LogP contribution < -0.4 is 11.1 Å². The minimum absolute atomic E-state index is 0.0909. The Morgan fingerprint density at radius 2 is 2.17 bits per heavy atom. The van der Waals surface area contributed by atoms with Gasteiger partial charge in [0.1, 0.15) is 5.82 Å². The maximum Gasteiger partial charge on any atom is 0.337 e. The zero-order valence-corrected chi connectivity index (χ0v) is 10.2. The Hall–Kier alpha value is -1.95. The maximum atomic E-state index is 13.5. The molecule has 5 nitrogen and oxygen atoms in total. The van der Waals surface area contributed by atoms with Crippen molar-refractivity contribution in [1.29, 1.82) is 0 Å². The van der Waals surface area contributed by atoms with E-state index >= 15 is 0 Å². The summed E-state index contributed by atoms with van der Waals surface area (Å²) < 4.78 is 18.0. The van der Waals surface area contributed by atoms with Gasteiger partial charge in [-0.15, -0.1) is 0 Å². The highest BCUT2D eigenvalue weighted by molar-refractivity contribution is 5.96. The molecular formula is C12H15FN2O3. The third-order valence-corrected chi connectivity index (χ3v) is 2.42. The molecular weight excluding hydrogens is 239 g/mol. The van der Waals surface area contributed by atoms with E-state index in [0.29, 0.717) is 6.42 Å². The molecule has 1 aromatic rings. The standard InChI is InChI=1S/C12H15FN2O3/c1-3-9(14)11(16)15-10-6-7(12(17)18-2)4-5-8(10)13/h4-6,9H,3,14H2,1-2H3,(H,15,16). The highest BCUT2D eigenvalue weighted by Crippen LogP contribution is 2.17. The number of ether oxygens (including phenoxy) is 1. The summed E-state index contributed by atoms with van der Waals surface area (Å²) in [5.74, 6) is -1.75. The lowest BCUT2D eigenvalue weighted by Gasteiger charge is -2.11. The lowest BCUT2D eigenvalue weighted by molar-refractivity contribution is -0.117. The second-order valence-electron chi connectivity index (χ2n) is 3.69. The van der Waals surface area contributed by atoms with Crippen LogP contribution in [0.2, 0.25) is 0 Å². The average Bonchev–Trinajstić information content (AvgIpc) is 2.39. The molecule has 1 amide bonds. The first kappa shape index (κ1) is 14.1. The predicted molar refractivity (Wildman–Crippen MR) is 64.6 cm³/mol. The molecule has 1 aromatic carbocycles. The molecule has 0 aliphatic heterocycles. The number of hydrogen-bond donors (Lipinski definition) is 2. The van der Waals surface area contributed by atoms with Gasteiger partial charge in [-0.25, -0.2) is 9.18 Å². The Labute approximate surface area is 104 Å². The van der Waals surface area contributed by atoms with Crippen LogP contribution >= 0.6 is 0 Å². The number of halogens is 1. The Kier molecular flexibility index (Phi) is 4.79. The molecule has 1 rings (SSSR count). The first-order chi connectivity index (χ1) is 8.49. The van der Waals surface area contributed by atoms with Crippen molar-refractivity contribution in [3.8, 4) is 0 Å². The number of esters is 1. The van der Waals surface area contributed by atoms with Crippen LogP contribution in [-0.4, -0.2) is 25.0 Å². The van der Waals surface area contributed by atoms with Gasteiger partial charge in [-0.3, -0.25) is 4.79 Å². The number of nitrogens with one attached hydrogen (secondary N) is 1. The molecule has 3 N–H and O–H groups in total. The van der Waals surface area contributed by atoms with Crippen LogP contribution in [0.4, 0.5) is 10.1 Å². The van der Waals surface area contributed by atoms with Crippen LogP contribution in [0.1, 0.15) is 23.7 Å². The van der Waals surface area contributed by atoms with Crippen molar-refractivity contribution < 1.29 is 18.7 Å². The Bertz CT molecular complexity index is 463. The monoisotopic (exact) mass is 254 g/mol. The summed E-state index contributed by atoms with van der Waals surface area (Å²) in [6.07, 6.45) is 0.435. The van der Waals surface area contributed by atoms with E-state index in [2.05, 4.69) is 10.1 Å². The van der Waals surface area contributed by atoms with Crippen LogP contribution in [0.15, 0.2) is 18.2 Å². The van der Waals surface area contributed by atoms with Gasteiger partial charge in [0.05, 0.1) is 24.4 Å². The minimum Gasteiger partial charge on any atom is -0.465 e. The summed E-state index contributed by atoms with van der Waals surface area (Å²) in [6, 6.07) is 2.85. The van der Waals surface area contributed by atoms with Gasteiger partial charge in [-0.2, -0.15) is 0 Å². The van der Waals surface area contributed by atoms with Crippen molar-refractivity contribution in [1.82, 2.24) is 0 Å². The number of hydrogen-bond acceptors (Lipinski definition) is 4. The van der Waals surface area contributed by atoms with Crippen molar-refractivity contribution in [2.45, 2.75) is 19.4 Å². The number of benzene rings is 1. The quantitative estimate of drug-likeness (QED) is 0.793. The summed E-state index contributed by atoms with van der Waals surface area (Å²) in [4.78, 5) is 22.8. The first-order valence-corrected chi connectivity index (χ1v) is 5.44. The number of anilines is 1. The number of amides is 1. The molecule has 0 saturated heterocycles. The van der Waals surface area contributed by atoms with E-state index < -0.39 is 23.7 Å². The number of methoxy groups -OCH3 is 1. The van der Waals surface area contributed by atoms with Crippen molar-refractivity contribution in [3.05, 3.63) is 29.6 Å². The van der Waals surface area contributed by atoms with Crippen molar-refractivity contribution >= 4 is 17.6 Å². The number of rotatable bonds is 4. The minimum atomic E-state index is -0.716. The molecule has 0 fully saturated rings. The van der Waals surface area contributed by atoms with E-state index in [-0.39, 0.29) is 11.3 Å². The van der Waals surface area contributed by atoms with Crippen LogP contribution in [0.5, 0.6) is 0 Å². The number of carbonyl (C=O) groups excluding carboxylic acids is 2. The second-order valence-corrected chi connectivity index (χ2v) is 3.69. The van der Waals surface area contributed by atoms with Crippen LogP contribution in [0.25, 0.3) is 0 Å². The summed E-state index contributed by atoms with van der Waals surface area (Å²) in [5, 5.41) is 2.33. The molecule has 0 saturated carbocycles. The van der Waals surface area contributed by atoms with Gasteiger partial charge in [-0.1, -0.05) is 6.92 Å². The van der Waals surface area contributed by atoms with Gasteiger partial charge in [0.25, 0.3) is 0 Å². The summed E-state index contributed by atoms with van der Waals surface area (Å²) >= 11 is 0. The molecule has 1 atom stereocenters. The number of nitrogens with two attached hydrogens (primary N) is 1. The Balaban J connectivity index is 2.94. The molecule has 1 unspecified atom stereocenters. The third kappa shape index (κ3) is 3.27. The van der Waals surface area contributed by atoms with Crippen molar-refractivity contribution in [2.24, 2.45) is 5.73 Å². The van der Waals surface area contributed by atoms with Gasteiger partial charge in [0.15, 0.2) is 0 Å². The van der Waals surface area contributed by atoms with E-state index in [1.807, 2.05) is 0 Å². The molecule has 0 radical (unpaired) electrons. The van der Waals surface area contributed by atoms with Crippen LogP contribution in [-0.2, 0) is 9.53 Å². The lowest BCUT2D eigenvalue weighted by Crippen LogP contribution is -2.35.